The largest absolute Gasteiger partial charge is 0.479 e. The van der Waals surface area contributed by atoms with Gasteiger partial charge >= 0.3 is 11.9 Å². The van der Waals surface area contributed by atoms with Crippen molar-refractivity contribution in [1.29, 1.82) is 0 Å². The van der Waals surface area contributed by atoms with Gasteiger partial charge in [0.1, 0.15) is 0 Å². The SMILES string of the molecule is CC(O)CCC(CCC(C)O)C(C)(N=NC(C)(C)C(=O)O)C(=O)O. The highest BCUT2D eigenvalue weighted by atomic mass is 16.4. The molecule has 0 fully saturated rings. The standard InChI is InChI=1S/C16H30N2O6/c1-10(19)6-8-12(9-7-11(2)20)16(5,14(23)24)18-17-15(3,4)13(21)22/h10-12,19-20H,6-9H2,1-5H3,(H,21,22)(H,23,24). The molecule has 3 unspecified atom stereocenters. The van der Waals surface area contributed by atoms with Crippen LogP contribution < -0.4 is 0 Å². The lowest BCUT2D eigenvalue weighted by Gasteiger charge is -2.31. The molecule has 4 N–H and O–H groups in total. The number of aliphatic hydroxyl groups is 2. The molecule has 0 heterocycles. The number of aliphatic carboxylic acids is 2. The number of carboxylic acids is 2. The van der Waals surface area contributed by atoms with Crippen LogP contribution in [0.1, 0.15) is 60.3 Å². The van der Waals surface area contributed by atoms with E-state index in [1.165, 1.54) is 20.8 Å². The fraction of sp³-hybridized carbons (Fsp3) is 0.875. The van der Waals surface area contributed by atoms with Gasteiger partial charge in [-0.15, -0.1) is 0 Å². The minimum Gasteiger partial charge on any atom is -0.479 e. The van der Waals surface area contributed by atoms with E-state index >= 15 is 0 Å². The Kier molecular flexibility index (Phi) is 8.49. The molecule has 0 saturated heterocycles. The first kappa shape index (κ1) is 22.5. The van der Waals surface area contributed by atoms with E-state index < -0.39 is 41.1 Å². The van der Waals surface area contributed by atoms with Crippen molar-refractivity contribution in [2.24, 2.45) is 16.1 Å². The molecule has 24 heavy (non-hydrogen) atoms. The smallest absolute Gasteiger partial charge is 0.333 e. The molecule has 0 aromatic heterocycles. The third-order valence-electron chi connectivity index (χ3n) is 4.12. The molecule has 0 saturated carbocycles. The predicted molar refractivity (Wildman–Crippen MR) is 87.9 cm³/mol. The van der Waals surface area contributed by atoms with Crippen molar-refractivity contribution in [3.8, 4) is 0 Å². The summed E-state index contributed by atoms with van der Waals surface area (Å²) in [5, 5.41) is 45.3. The fourth-order valence-corrected chi connectivity index (χ4v) is 2.16. The molecule has 0 bridgehead atoms. The third-order valence-corrected chi connectivity index (χ3v) is 4.12. The molecule has 0 rings (SSSR count). The Balaban J connectivity index is 5.57. The minimum atomic E-state index is -1.63. The highest BCUT2D eigenvalue weighted by molar-refractivity contribution is 5.79. The van der Waals surface area contributed by atoms with E-state index in [2.05, 4.69) is 10.2 Å². The van der Waals surface area contributed by atoms with Crippen LogP contribution >= 0.6 is 0 Å². The zero-order chi connectivity index (χ0) is 19.1. The Morgan fingerprint density at radius 1 is 0.833 bits per heavy atom. The summed E-state index contributed by atoms with van der Waals surface area (Å²) in [6.07, 6.45) is 0.324. The van der Waals surface area contributed by atoms with Gasteiger partial charge in [-0.25, -0.2) is 9.59 Å². The number of rotatable bonds is 11. The van der Waals surface area contributed by atoms with E-state index in [4.69, 9.17) is 5.11 Å². The fourth-order valence-electron chi connectivity index (χ4n) is 2.16. The summed E-state index contributed by atoms with van der Waals surface area (Å²) < 4.78 is 0. The maximum absolute atomic E-state index is 11.8. The lowest BCUT2D eigenvalue weighted by atomic mass is 9.79. The van der Waals surface area contributed by atoms with Crippen LogP contribution in [0.5, 0.6) is 0 Å². The van der Waals surface area contributed by atoms with Gasteiger partial charge in [0.05, 0.1) is 12.2 Å². The summed E-state index contributed by atoms with van der Waals surface area (Å²) in [7, 11) is 0. The highest BCUT2D eigenvalue weighted by Crippen LogP contribution is 2.33. The zero-order valence-electron chi connectivity index (χ0n) is 15.1. The van der Waals surface area contributed by atoms with Gasteiger partial charge in [0.25, 0.3) is 0 Å². The molecule has 3 atom stereocenters. The van der Waals surface area contributed by atoms with Gasteiger partial charge in [-0.05, 0) is 66.2 Å². The molecule has 0 aliphatic carbocycles. The lowest BCUT2D eigenvalue weighted by Crippen LogP contribution is -2.42. The summed E-state index contributed by atoms with van der Waals surface area (Å²) in [5.74, 6) is -2.91. The van der Waals surface area contributed by atoms with Gasteiger partial charge in [0, 0.05) is 0 Å². The Hall–Kier alpha value is -1.54. The van der Waals surface area contributed by atoms with Crippen molar-refractivity contribution < 1.29 is 30.0 Å². The third kappa shape index (κ3) is 6.92. The predicted octanol–water partition coefficient (Wildman–Crippen LogP) is 2.08. The number of hydrogen-bond donors (Lipinski definition) is 4. The highest BCUT2D eigenvalue weighted by Gasteiger charge is 2.43. The molecule has 8 heteroatoms. The normalized spacial score (nSPS) is 18.8. The van der Waals surface area contributed by atoms with Crippen LogP contribution in [0.3, 0.4) is 0 Å². The van der Waals surface area contributed by atoms with Gasteiger partial charge in [0.15, 0.2) is 11.1 Å². The summed E-state index contributed by atoms with van der Waals surface area (Å²) in [6, 6.07) is 0. The van der Waals surface area contributed by atoms with E-state index in [0.717, 1.165) is 0 Å². The van der Waals surface area contributed by atoms with Crippen LogP contribution in [0.25, 0.3) is 0 Å². The maximum Gasteiger partial charge on any atom is 0.333 e. The Labute approximate surface area is 142 Å². The molecular weight excluding hydrogens is 316 g/mol. The van der Waals surface area contributed by atoms with Crippen molar-refractivity contribution in [1.82, 2.24) is 0 Å². The summed E-state index contributed by atoms with van der Waals surface area (Å²) in [5.41, 5.74) is -3.16. The van der Waals surface area contributed by atoms with E-state index in [1.807, 2.05) is 0 Å². The number of nitrogens with zero attached hydrogens (tertiary/aromatic N) is 2. The Bertz CT molecular complexity index is 449. The van der Waals surface area contributed by atoms with Crippen LogP contribution in [0, 0.1) is 5.92 Å². The molecule has 0 aromatic carbocycles. The van der Waals surface area contributed by atoms with Crippen molar-refractivity contribution in [2.45, 2.75) is 83.6 Å². The van der Waals surface area contributed by atoms with Crippen molar-refractivity contribution in [3.05, 3.63) is 0 Å². The van der Waals surface area contributed by atoms with Crippen LogP contribution in [0.2, 0.25) is 0 Å². The Morgan fingerprint density at radius 2 is 1.25 bits per heavy atom. The van der Waals surface area contributed by atoms with Crippen LogP contribution in [0.4, 0.5) is 0 Å². The lowest BCUT2D eigenvalue weighted by molar-refractivity contribution is -0.146. The molecule has 8 nitrogen and oxygen atoms in total. The van der Waals surface area contributed by atoms with Crippen LogP contribution in [0.15, 0.2) is 10.2 Å². The van der Waals surface area contributed by atoms with E-state index in [1.54, 1.807) is 13.8 Å². The number of carboxylic acid groups (broad SMARTS) is 2. The van der Waals surface area contributed by atoms with Crippen molar-refractivity contribution in [3.63, 3.8) is 0 Å². The summed E-state index contributed by atoms with van der Waals surface area (Å²) in [4.78, 5) is 23.0. The molecule has 0 spiro atoms. The second-order valence-corrected chi connectivity index (χ2v) is 7.07. The van der Waals surface area contributed by atoms with Gasteiger partial charge in [-0.1, -0.05) is 0 Å². The van der Waals surface area contributed by atoms with Gasteiger partial charge < -0.3 is 20.4 Å². The molecular formula is C16H30N2O6. The summed E-state index contributed by atoms with van der Waals surface area (Å²) >= 11 is 0. The molecule has 140 valence electrons. The van der Waals surface area contributed by atoms with E-state index in [0.29, 0.717) is 25.7 Å². The number of carbonyl (C=O) groups is 2. The average Bonchev–Trinajstić information content (AvgIpc) is 2.43. The number of aliphatic hydroxyl groups excluding tert-OH is 2. The topological polar surface area (TPSA) is 140 Å². The first-order chi connectivity index (χ1) is 10.8. The quantitative estimate of drug-likeness (QED) is 0.422. The monoisotopic (exact) mass is 346 g/mol. The van der Waals surface area contributed by atoms with Crippen molar-refractivity contribution >= 4 is 11.9 Å². The second kappa shape index (κ2) is 9.08. The molecule has 0 aromatic rings. The minimum absolute atomic E-state index is 0.375. The van der Waals surface area contributed by atoms with Crippen molar-refractivity contribution in [2.75, 3.05) is 0 Å². The molecule has 0 aliphatic rings. The first-order valence-corrected chi connectivity index (χ1v) is 8.10. The molecule has 0 amide bonds. The van der Waals surface area contributed by atoms with Gasteiger partial charge in [-0.3, -0.25) is 0 Å². The molecule has 0 aliphatic heterocycles. The van der Waals surface area contributed by atoms with Crippen LogP contribution in [-0.2, 0) is 9.59 Å². The Morgan fingerprint density at radius 3 is 1.54 bits per heavy atom. The molecule has 0 radical (unpaired) electrons. The number of azo groups is 1. The van der Waals surface area contributed by atoms with Crippen LogP contribution in [-0.4, -0.2) is 55.7 Å². The second-order valence-electron chi connectivity index (χ2n) is 7.07. The van der Waals surface area contributed by atoms with Gasteiger partial charge in [-0.2, -0.15) is 10.2 Å². The average molecular weight is 346 g/mol. The van der Waals surface area contributed by atoms with Gasteiger partial charge in [0.2, 0.25) is 0 Å². The van der Waals surface area contributed by atoms with E-state index in [-0.39, 0.29) is 0 Å². The summed E-state index contributed by atoms with van der Waals surface area (Å²) in [6.45, 7) is 7.28. The number of hydrogen-bond acceptors (Lipinski definition) is 6. The first-order valence-electron chi connectivity index (χ1n) is 8.10. The van der Waals surface area contributed by atoms with E-state index in [9.17, 15) is 24.9 Å². The zero-order valence-corrected chi connectivity index (χ0v) is 15.1. The maximum atomic E-state index is 11.8.